The molecule has 2 nitrogen and oxygen atoms in total. The van der Waals surface area contributed by atoms with Crippen LogP contribution in [0.4, 0.5) is 0 Å². The van der Waals surface area contributed by atoms with Crippen LogP contribution >= 0.6 is 23.1 Å². The van der Waals surface area contributed by atoms with E-state index in [1.165, 1.54) is 25.8 Å². The van der Waals surface area contributed by atoms with Crippen molar-refractivity contribution >= 4 is 34.6 Å². The van der Waals surface area contributed by atoms with E-state index in [0.29, 0.717) is 17.7 Å². The molecule has 0 amide bonds. The van der Waals surface area contributed by atoms with Gasteiger partial charge < -0.3 is 4.74 Å². The smallest absolute Gasteiger partial charge is 0.339 e. The number of esters is 1. The number of terminal acetylenes is 1. The van der Waals surface area contributed by atoms with Crippen molar-refractivity contribution in [3.8, 4) is 23.5 Å². The standard InChI is InChI=1S/C27H24O2S2/c1-6-18-14-19(9-11-21(18)26(28)29-7-2)20-10-13-25-22(15-20)23(16-27(4,5)31-25)24-12-8-17(3)30-24/h1,8-16H,7H2,2-5H3. The van der Waals surface area contributed by atoms with Gasteiger partial charge in [-0.25, -0.2) is 4.79 Å². The molecule has 0 fully saturated rings. The van der Waals surface area contributed by atoms with Crippen LogP contribution in [0, 0.1) is 19.3 Å². The van der Waals surface area contributed by atoms with Crippen LogP contribution in [-0.4, -0.2) is 17.3 Å². The van der Waals surface area contributed by atoms with Crippen molar-refractivity contribution in [3.05, 3.63) is 81.1 Å². The summed E-state index contributed by atoms with van der Waals surface area (Å²) in [4.78, 5) is 16.1. The Balaban J connectivity index is 1.80. The van der Waals surface area contributed by atoms with E-state index < -0.39 is 0 Å². The van der Waals surface area contributed by atoms with E-state index in [9.17, 15) is 4.79 Å². The molecule has 0 N–H and O–H groups in total. The number of hydrogen-bond donors (Lipinski definition) is 0. The molecule has 4 rings (SSSR count). The van der Waals surface area contributed by atoms with Crippen molar-refractivity contribution in [2.45, 2.75) is 37.3 Å². The number of benzene rings is 2. The largest absolute Gasteiger partial charge is 0.462 e. The molecule has 1 aliphatic heterocycles. The minimum absolute atomic E-state index is 0.0275. The summed E-state index contributed by atoms with van der Waals surface area (Å²) in [6.45, 7) is 8.75. The number of hydrogen-bond acceptors (Lipinski definition) is 4. The van der Waals surface area contributed by atoms with Crippen LogP contribution in [0.15, 0.2) is 59.5 Å². The number of ether oxygens (including phenoxy) is 1. The Labute approximate surface area is 192 Å². The molecule has 0 saturated carbocycles. The minimum Gasteiger partial charge on any atom is -0.462 e. The number of carbonyl (C=O) groups is 1. The lowest BCUT2D eigenvalue weighted by atomic mass is 9.93. The van der Waals surface area contributed by atoms with Gasteiger partial charge in [0.15, 0.2) is 0 Å². The molecule has 0 unspecified atom stereocenters. The summed E-state index contributed by atoms with van der Waals surface area (Å²) in [6, 6.07) is 16.5. The maximum Gasteiger partial charge on any atom is 0.339 e. The maximum atomic E-state index is 12.2. The van der Waals surface area contributed by atoms with E-state index in [-0.39, 0.29) is 10.7 Å². The Kier molecular flexibility index (Phi) is 5.83. The first-order chi connectivity index (χ1) is 14.8. The van der Waals surface area contributed by atoms with E-state index in [0.717, 1.165) is 11.1 Å². The van der Waals surface area contributed by atoms with Crippen molar-refractivity contribution in [2.75, 3.05) is 6.61 Å². The second-order valence-corrected chi connectivity index (χ2v) is 11.0. The fourth-order valence-corrected chi connectivity index (χ4v) is 5.82. The lowest BCUT2D eigenvalue weighted by Crippen LogP contribution is -2.15. The molecule has 31 heavy (non-hydrogen) atoms. The van der Waals surface area contributed by atoms with Crippen LogP contribution in [-0.2, 0) is 4.74 Å². The first kappa shape index (κ1) is 21.5. The van der Waals surface area contributed by atoms with Crippen LogP contribution in [0.1, 0.15) is 52.0 Å². The average molecular weight is 445 g/mol. The Morgan fingerprint density at radius 2 is 1.84 bits per heavy atom. The van der Waals surface area contributed by atoms with Gasteiger partial charge in [0.05, 0.1) is 12.2 Å². The van der Waals surface area contributed by atoms with Gasteiger partial charge in [-0.1, -0.05) is 24.1 Å². The number of thioether (sulfide) groups is 1. The normalized spacial score (nSPS) is 14.4. The fraction of sp³-hybridized carbons (Fsp3) is 0.222. The van der Waals surface area contributed by atoms with Gasteiger partial charge in [0.1, 0.15) is 0 Å². The van der Waals surface area contributed by atoms with Gasteiger partial charge in [0, 0.05) is 25.0 Å². The molecule has 1 aliphatic rings. The highest BCUT2D eigenvalue weighted by Gasteiger charge is 2.27. The van der Waals surface area contributed by atoms with Gasteiger partial charge in [-0.05, 0) is 86.4 Å². The van der Waals surface area contributed by atoms with Crippen LogP contribution in [0.25, 0.3) is 16.7 Å². The van der Waals surface area contributed by atoms with Crippen LogP contribution in [0.5, 0.6) is 0 Å². The van der Waals surface area contributed by atoms with Gasteiger partial charge in [-0.15, -0.1) is 29.5 Å². The summed E-state index contributed by atoms with van der Waals surface area (Å²) in [7, 11) is 0. The van der Waals surface area contributed by atoms with Crippen LogP contribution in [0.3, 0.4) is 0 Å². The molecule has 4 heteroatoms. The highest BCUT2D eigenvalue weighted by atomic mass is 32.2. The quantitative estimate of drug-likeness (QED) is 0.314. The van der Waals surface area contributed by atoms with Crippen LogP contribution < -0.4 is 0 Å². The number of fused-ring (bicyclic) bond motifs is 1. The molecular weight excluding hydrogens is 420 g/mol. The molecule has 0 saturated heterocycles. The SMILES string of the molecule is C#Cc1cc(-c2ccc3c(c2)C(c2ccc(C)s2)=CC(C)(C)S3)ccc1C(=O)OCC. The van der Waals surface area contributed by atoms with Crippen molar-refractivity contribution in [3.63, 3.8) is 0 Å². The average Bonchev–Trinajstić information content (AvgIpc) is 3.18. The lowest BCUT2D eigenvalue weighted by molar-refractivity contribution is 0.0526. The second kappa shape index (κ2) is 8.42. The monoisotopic (exact) mass is 444 g/mol. The molecule has 0 bridgehead atoms. The lowest BCUT2D eigenvalue weighted by Gasteiger charge is -2.29. The van der Waals surface area contributed by atoms with Gasteiger partial charge in [-0.2, -0.15) is 0 Å². The Morgan fingerprint density at radius 3 is 2.52 bits per heavy atom. The highest BCUT2D eigenvalue weighted by molar-refractivity contribution is 8.01. The topological polar surface area (TPSA) is 26.3 Å². The second-order valence-electron chi connectivity index (χ2n) is 8.01. The molecule has 1 aromatic heterocycles. The van der Waals surface area contributed by atoms with Crippen molar-refractivity contribution in [2.24, 2.45) is 0 Å². The Morgan fingerprint density at radius 1 is 1.10 bits per heavy atom. The third kappa shape index (κ3) is 4.35. The molecule has 0 spiro atoms. The Bertz CT molecular complexity index is 1240. The Hall–Kier alpha value is -2.74. The summed E-state index contributed by atoms with van der Waals surface area (Å²) in [5.41, 5.74) is 5.55. The van der Waals surface area contributed by atoms with Gasteiger partial charge >= 0.3 is 5.97 Å². The third-order valence-corrected chi connectivity index (χ3v) is 7.40. The molecule has 0 aliphatic carbocycles. The summed E-state index contributed by atoms with van der Waals surface area (Å²) in [5.74, 6) is 2.26. The predicted molar refractivity (Wildman–Crippen MR) is 132 cm³/mol. The number of rotatable bonds is 4. The van der Waals surface area contributed by atoms with Gasteiger partial charge in [-0.3, -0.25) is 0 Å². The maximum absolute atomic E-state index is 12.2. The number of thiophene rings is 1. The van der Waals surface area contributed by atoms with E-state index in [1.54, 1.807) is 13.0 Å². The van der Waals surface area contributed by atoms with Crippen LogP contribution in [0.2, 0.25) is 0 Å². The van der Waals surface area contributed by atoms with E-state index in [1.807, 2.05) is 35.2 Å². The molecule has 2 aromatic carbocycles. The molecule has 0 radical (unpaired) electrons. The van der Waals surface area contributed by atoms with Crippen molar-refractivity contribution in [1.82, 2.24) is 0 Å². The molecule has 2 heterocycles. The summed E-state index contributed by atoms with van der Waals surface area (Å²) >= 11 is 3.70. The van der Waals surface area contributed by atoms with Crippen molar-refractivity contribution in [1.29, 1.82) is 0 Å². The summed E-state index contributed by atoms with van der Waals surface area (Å²) < 4.78 is 5.16. The molecule has 3 aromatic rings. The molecule has 156 valence electrons. The summed E-state index contributed by atoms with van der Waals surface area (Å²) in [6.07, 6.45) is 8.07. The van der Waals surface area contributed by atoms with Gasteiger partial charge in [0.25, 0.3) is 0 Å². The fourth-order valence-electron chi connectivity index (χ4n) is 3.76. The number of carbonyl (C=O) groups excluding carboxylic acids is 1. The van der Waals surface area contributed by atoms with E-state index in [4.69, 9.17) is 11.2 Å². The summed E-state index contributed by atoms with van der Waals surface area (Å²) in [5, 5.41) is 0. The van der Waals surface area contributed by atoms with Crippen molar-refractivity contribution < 1.29 is 9.53 Å². The van der Waals surface area contributed by atoms with E-state index in [2.05, 4.69) is 63.1 Å². The molecular formula is C27H24O2S2. The predicted octanol–water partition coefficient (Wildman–Crippen LogP) is 7.20. The zero-order valence-corrected chi connectivity index (χ0v) is 19.7. The zero-order valence-electron chi connectivity index (χ0n) is 18.1. The van der Waals surface area contributed by atoms with Gasteiger partial charge in [0.2, 0.25) is 0 Å². The first-order valence-electron chi connectivity index (χ1n) is 10.2. The zero-order chi connectivity index (χ0) is 22.2. The first-order valence-corrected chi connectivity index (χ1v) is 11.9. The minimum atomic E-state index is -0.385. The number of aryl methyl sites for hydroxylation is 1. The highest BCUT2D eigenvalue weighted by Crippen LogP contribution is 2.48. The molecule has 0 atom stereocenters. The van der Waals surface area contributed by atoms with E-state index >= 15 is 0 Å². The third-order valence-electron chi connectivity index (χ3n) is 5.14.